The maximum atomic E-state index is 13.5. The van der Waals surface area contributed by atoms with Crippen LogP contribution < -0.4 is 5.32 Å². The van der Waals surface area contributed by atoms with Crippen molar-refractivity contribution in [2.45, 2.75) is 12.5 Å². The van der Waals surface area contributed by atoms with Gasteiger partial charge in [0, 0.05) is 7.11 Å². The molecule has 0 aliphatic carbocycles. The molecule has 0 aliphatic heterocycles. The predicted octanol–water partition coefficient (Wildman–Crippen LogP) is 1.77. The number of carboxylic acids is 1. The third-order valence-corrected chi connectivity index (χ3v) is 3.03. The van der Waals surface area contributed by atoms with Gasteiger partial charge in [-0.25, -0.2) is 4.39 Å². The van der Waals surface area contributed by atoms with Crippen LogP contribution in [-0.4, -0.2) is 43.9 Å². The number of amides is 1. The molecule has 1 aromatic carbocycles. The largest absolute Gasteiger partial charge is 0.481 e. The van der Waals surface area contributed by atoms with Gasteiger partial charge in [0.2, 0.25) is 5.91 Å². The zero-order valence-corrected chi connectivity index (χ0v) is 12.7. The molecule has 0 heterocycles. The number of benzene rings is 1. The van der Waals surface area contributed by atoms with Crippen molar-refractivity contribution in [2.24, 2.45) is 0 Å². The number of halogens is 2. The summed E-state index contributed by atoms with van der Waals surface area (Å²) in [7, 11) is 1.50. The van der Waals surface area contributed by atoms with Gasteiger partial charge in [0.15, 0.2) is 0 Å². The van der Waals surface area contributed by atoms with Gasteiger partial charge in [0.05, 0.1) is 30.7 Å². The summed E-state index contributed by atoms with van der Waals surface area (Å²) in [5.74, 6) is -2.31. The minimum atomic E-state index is -1.12. The van der Waals surface area contributed by atoms with Crippen LogP contribution in [0.5, 0.6) is 0 Å². The molecule has 0 saturated carbocycles. The lowest BCUT2D eigenvalue weighted by molar-refractivity contribution is -0.138. The summed E-state index contributed by atoms with van der Waals surface area (Å²) in [6, 6.07) is 3.00. The number of carbonyl (C=O) groups is 2. The van der Waals surface area contributed by atoms with Crippen LogP contribution in [-0.2, 0) is 19.1 Å². The Hall–Kier alpha value is -1.70. The van der Waals surface area contributed by atoms with Crippen LogP contribution in [0.3, 0.4) is 0 Å². The quantitative estimate of drug-likeness (QED) is 0.673. The highest BCUT2D eigenvalue weighted by molar-refractivity contribution is 6.30. The molecule has 0 fully saturated rings. The Balaban J connectivity index is 2.69. The number of hydrogen-bond acceptors (Lipinski definition) is 4. The summed E-state index contributed by atoms with van der Waals surface area (Å²) in [5.41, 5.74) is 0.314. The fourth-order valence-corrected chi connectivity index (χ4v) is 1.82. The van der Waals surface area contributed by atoms with Gasteiger partial charge in [0.1, 0.15) is 12.4 Å². The Kier molecular flexibility index (Phi) is 7.79. The molecular formula is C14H17ClFNO5. The number of aliphatic carboxylic acids is 1. The van der Waals surface area contributed by atoms with Crippen LogP contribution in [0.25, 0.3) is 0 Å². The molecule has 0 bridgehead atoms. The lowest BCUT2D eigenvalue weighted by atomic mass is 10.0. The maximum Gasteiger partial charge on any atom is 0.305 e. The molecule has 0 radical (unpaired) electrons. The fourth-order valence-electron chi connectivity index (χ4n) is 1.70. The molecule has 1 unspecified atom stereocenters. The van der Waals surface area contributed by atoms with Gasteiger partial charge in [-0.05, 0) is 17.7 Å². The van der Waals surface area contributed by atoms with E-state index >= 15 is 0 Å². The average molecular weight is 334 g/mol. The first-order valence-electron chi connectivity index (χ1n) is 6.46. The molecule has 0 spiro atoms. The monoisotopic (exact) mass is 333 g/mol. The van der Waals surface area contributed by atoms with Gasteiger partial charge >= 0.3 is 5.97 Å². The third-order valence-electron chi connectivity index (χ3n) is 2.72. The summed E-state index contributed by atoms with van der Waals surface area (Å²) in [6.45, 7) is 0.340. The SMILES string of the molecule is COCCOCC(=O)NC(CC(=O)O)c1ccc(Cl)c(F)c1. The van der Waals surface area contributed by atoms with Crippen LogP contribution in [0, 0.1) is 5.82 Å². The van der Waals surface area contributed by atoms with Crippen LogP contribution in [0.2, 0.25) is 5.02 Å². The van der Waals surface area contributed by atoms with E-state index in [1.165, 1.54) is 19.2 Å². The van der Waals surface area contributed by atoms with E-state index in [-0.39, 0.29) is 24.7 Å². The lowest BCUT2D eigenvalue weighted by Gasteiger charge is -2.18. The highest BCUT2D eigenvalue weighted by atomic mass is 35.5. The molecule has 122 valence electrons. The highest BCUT2D eigenvalue weighted by Gasteiger charge is 2.19. The van der Waals surface area contributed by atoms with E-state index in [0.717, 1.165) is 6.07 Å². The van der Waals surface area contributed by atoms with Crippen molar-refractivity contribution in [3.63, 3.8) is 0 Å². The first kappa shape index (κ1) is 18.3. The first-order chi connectivity index (χ1) is 10.4. The van der Waals surface area contributed by atoms with E-state index in [4.69, 9.17) is 26.2 Å². The van der Waals surface area contributed by atoms with Gasteiger partial charge in [0.25, 0.3) is 0 Å². The van der Waals surface area contributed by atoms with E-state index < -0.39 is 23.7 Å². The first-order valence-corrected chi connectivity index (χ1v) is 6.84. The molecule has 0 aromatic heterocycles. The number of carboxylic acid groups (broad SMARTS) is 1. The van der Waals surface area contributed by atoms with Crippen molar-refractivity contribution in [1.29, 1.82) is 0 Å². The van der Waals surface area contributed by atoms with E-state index in [1.54, 1.807) is 0 Å². The number of nitrogens with one attached hydrogen (secondary N) is 1. The van der Waals surface area contributed by atoms with Gasteiger partial charge in [-0.3, -0.25) is 9.59 Å². The number of ether oxygens (including phenoxy) is 2. The summed E-state index contributed by atoms with van der Waals surface area (Å²) >= 11 is 5.58. The molecule has 0 saturated heterocycles. The van der Waals surface area contributed by atoms with Crippen LogP contribution in [0.15, 0.2) is 18.2 Å². The molecular weight excluding hydrogens is 317 g/mol. The van der Waals surface area contributed by atoms with Gasteiger partial charge in [-0.1, -0.05) is 17.7 Å². The third kappa shape index (κ3) is 6.38. The average Bonchev–Trinajstić information content (AvgIpc) is 2.45. The minimum absolute atomic E-state index is 0.0768. The molecule has 2 N–H and O–H groups in total. The second-order valence-electron chi connectivity index (χ2n) is 4.44. The Morgan fingerprint density at radius 1 is 1.41 bits per heavy atom. The molecule has 1 rings (SSSR count). The summed E-state index contributed by atoms with van der Waals surface area (Å²) < 4.78 is 23.3. The van der Waals surface area contributed by atoms with Crippen molar-refractivity contribution in [2.75, 3.05) is 26.9 Å². The number of hydrogen-bond donors (Lipinski definition) is 2. The molecule has 22 heavy (non-hydrogen) atoms. The lowest BCUT2D eigenvalue weighted by Crippen LogP contribution is -2.33. The molecule has 8 heteroatoms. The van der Waals surface area contributed by atoms with Crippen molar-refractivity contribution >= 4 is 23.5 Å². The topological polar surface area (TPSA) is 84.9 Å². The summed E-state index contributed by atoms with van der Waals surface area (Å²) in [4.78, 5) is 22.6. The van der Waals surface area contributed by atoms with E-state index in [9.17, 15) is 14.0 Å². The van der Waals surface area contributed by atoms with Gasteiger partial charge in [-0.2, -0.15) is 0 Å². The predicted molar refractivity (Wildman–Crippen MR) is 77.2 cm³/mol. The maximum absolute atomic E-state index is 13.5. The number of methoxy groups -OCH3 is 1. The number of carbonyl (C=O) groups excluding carboxylic acids is 1. The number of rotatable bonds is 9. The van der Waals surface area contributed by atoms with Gasteiger partial charge < -0.3 is 19.9 Å². The van der Waals surface area contributed by atoms with E-state index in [1.807, 2.05) is 0 Å². The smallest absolute Gasteiger partial charge is 0.305 e. The fraction of sp³-hybridized carbons (Fsp3) is 0.429. The van der Waals surface area contributed by atoms with Crippen LogP contribution in [0.4, 0.5) is 4.39 Å². The standard InChI is InChI=1S/C14H17ClFNO5/c1-21-4-5-22-8-13(18)17-12(7-14(19)20)9-2-3-10(15)11(16)6-9/h2-3,6,12H,4-5,7-8H2,1H3,(H,17,18)(H,19,20). The Morgan fingerprint density at radius 2 is 2.14 bits per heavy atom. The zero-order chi connectivity index (χ0) is 16.5. The van der Waals surface area contributed by atoms with E-state index in [0.29, 0.717) is 12.2 Å². The Labute approximate surface area is 132 Å². The Bertz CT molecular complexity index is 526. The van der Waals surface area contributed by atoms with E-state index in [2.05, 4.69) is 5.32 Å². The summed E-state index contributed by atoms with van der Waals surface area (Å²) in [5, 5.41) is 11.3. The van der Waals surface area contributed by atoms with Crippen molar-refractivity contribution in [1.82, 2.24) is 5.32 Å². The van der Waals surface area contributed by atoms with Crippen molar-refractivity contribution in [3.05, 3.63) is 34.6 Å². The summed E-state index contributed by atoms with van der Waals surface area (Å²) in [6.07, 6.45) is -0.384. The van der Waals surface area contributed by atoms with Crippen LogP contribution >= 0.6 is 11.6 Å². The minimum Gasteiger partial charge on any atom is -0.481 e. The second kappa shape index (κ2) is 9.34. The van der Waals surface area contributed by atoms with Crippen molar-refractivity contribution < 1.29 is 28.6 Å². The molecule has 6 nitrogen and oxygen atoms in total. The zero-order valence-electron chi connectivity index (χ0n) is 12.0. The highest BCUT2D eigenvalue weighted by Crippen LogP contribution is 2.22. The molecule has 1 atom stereocenters. The second-order valence-corrected chi connectivity index (χ2v) is 4.84. The molecule has 1 aromatic rings. The molecule has 1 amide bonds. The van der Waals surface area contributed by atoms with Crippen LogP contribution in [0.1, 0.15) is 18.0 Å². The normalized spacial score (nSPS) is 12.0. The Morgan fingerprint density at radius 3 is 2.73 bits per heavy atom. The van der Waals surface area contributed by atoms with Crippen molar-refractivity contribution in [3.8, 4) is 0 Å². The van der Waals surface area contributed by atoms with Gasteiger partial charge in [-0.15, -0.1) is 0 Å². The molecule has 0 aliphatic rings.